The van der Waals surface area contributed by atoms with E-state index in [2.05, 4.69) is 6.58 Å². The molecule has 0 aliphatic carbocycles. The topological polar surface area (TPSA) is 82.1 Å². The van der Waals surface area contributed by atoms with Crippen LogP contribution in [0.5, 0.6) is 0 Å². The van der Waals surface area contributed by atoms with Crippen molar-refractivity contribution in [2.45, 2.75) is 52.0 Å². The number of piperidine rings is 1. The first-order valence-electron chi connectivity index (χ1n) is 11.2. The summed E-state index contributed by atoms with van der Waals surface area (Å²) in [7, 11) is 0. The summed E-state index contributed by atoms with van der Waals surface area (Å²) >= 11 is 0. The molecule has 0 radical (unpaired) electrons. The maximum absolute atomic E-state index is 13.2. The minimum atomic E-state index is -1.19. The van der Waals surface area contributed by atoms with Crippen LogP contribution in [0.3, 0.4) is 0 Å². The summed E-state index contributed by atoms with van der Waals surface area (Å²) in [5.74, 6) is -2.23. The number of benzene rings is 2. The van der Waals surface area contributed by atoms with Gasteiger partial charge in [-0.1, -0.05) is 72.8 Å². The minimum absolute atomic E-state index is 0.0189. The van der Waals surface area contributed by atoms with Gasteiger partial charge in [0.05, 0.1) is 5.92 Å². The molecular formula is C27H31NO6. The summed E-state index contributed by atoms with van der Waals surface area (Å²) in [4.78, 5) is 40.6. The van der Waals surface area contributed by atoms with Gasteiger partial charge in [0.1, 0.15) is 24.9 Å². The Labute approximate surface area is 200 Å². The molecule has 2 aromatic carbocycles. The van der Waals surface area contributed by atoms with Crippen LogP contribution in [-0.4, -0.2) is 41.1 Å². The minimum Gasteiger partial charge on any atom is -0.460 e. The monoisotopic (exact) mass is 465 g/mol. The summed E-state index contributed by atoms with van der Waals surface area (Å²) in [6.07, 6.45) is -0.511. The number of carbonyl (C=O) groups is 3. The molecule has 1 fully saturated rings. The van der Waals surface area contributed by atoms with Gasteiger partial charge in [-0.05, 0) is 38.3 Å². The third kappa shape index (κ3) is 6.94. The number of hydrogen-bond acceptors (Lipinski definition) is 6. The molecule has 3 rings (SSSR count). The van der Waals surface area contributed by atoms with Crippen LogP contribution >= 0.6 is 0 Å². The molecule has 1 saturated heterocycles. The van der Waals surface area contributed by atoms with Gasteiger partial charge >= 0.3 is 18.0 Å². The molecule has 0 saturated carbocycles. The largest absolute Gasteiger partial charge is 0.460 e. The fraction of sp³-hybridized carbons (Fsp3) is 0.370. The molecule has 0 bridgehead atoms. The Morgan fingerprint density at radius 1 is 0.882 bits per heavy atom. The maximum Gasteiger partial charge on any atom is 0.411 e. The third-order valence-electron chi connectivity index (χ3n) is 5.23. The van der Waals surface area contributed by atoms with Crippen LogP contribution in [0.4, 0.5) is 4.79 Å². The second-order valence-electron chi connectivity index (χ2n) is 9.30. The lowest BCUT2D eigenvalue weighted by Gasteiger charge is -2.39. The molecule has 2 aromatic rings. The van der Waals surface area contributed by atoms with E-state index in [9.17, 15) is 14.4 Å². The molecule has 34 heavy (non-hydrogen) atoms. The van der Waals surface area contributed by atoms with Crippen LogP contribution in [0.2, 0.25) is 0 Å². The summed E-state index contributed by atoms with van der Waals surface area (Å²) < 4.78 is 16.6. The molecule has 1 aliphatic heterocycles. The van der Waals surface area contributed by atoms with Gasteiger partial charge in [0.25, 0.3) is 0 Å². The van der Waals surface area contributed by atoms with Crippen molar-refractivity contribution in [2.24, 2.45) is 5.92 Å². The number of hydrogen-bond donors (Lipinski definition) is 0. The van der Waals surface area contributed by atoms with Crippen molar-refractivity contribution in [3.8, 4) is 0 Å². The highest BCUT2D eigenvalue weighted by atomic mass is 16.6. The second kappa shape index (κ2) is 11.0. The van der Waals surface area contributed by atoms with Gasteiger partial charge in [0.2, 0.25) is 0 Å². The fourth-order valence-corrected chi connectivity index (χ4v) is 3.72. The molecule has 180 valence electrons. The summed E-state index contributed by atoms with van der Waals surface area (Å²) in [5, 5.41) is 0. The first-order valence-corrected chi connectivity index (χ1v) is 11.2. The molecular weight excluding hydrogens is 434 g/mol. The van der Waals surface area contributed by atoms with Crippen LogP contribution in [0.25, 0.3) is 0 Å². The quantitative estimate of drug-likeness (QED) is 0.351. The fourth-order valence-electron chi connectivity index (χ4n) is 3.72. The smallest absolute Gasteiger partial charge is 0.411 e. The number of ether oxygens (including phenoxy) is 3. The van der Waals surface area contributed by atoms with E-state index in [0.717, 1.165) is 11.1 Å². The van der Waals surface area contributed by atoms with Gasteiger partial charge in [0, 0.05) is 6.54 Å². The van der Waals surface area contributed by atoms with E-state index >= 15 is 0 Å². The SMILES string of the molecule is C=C1C[C@H](C(=O)OC(C)(C)C)[C@@H](C(=O)OCc2ccccc2)N(C(=O)OCc2ccccc2)C1. The lowest BCUT2D eigenvalue weighted by Crippen LogP contribution is -2.56. The Balaban J connectivity index is 1.82. The Kier molecular flexibility index (Phi) is 8.10. The standard InChI is InChI=1S/C27H31NO6/c1-19-15-22(24(29)34-27(2,3)4)23(25(30)32-17-20-11-7-5-8-12-20)28(16-19)26(31)33-18-21-13-9-6-10-14-21/h5-14,22-23H,1,15-18H2,2-4H3/t22-,23-/m0/s1. The number of rotatable bonds is 6. The van der Waals surface area contributed by atoms with Crippen LogP contribution in [0, 0.1) is 5.92 Å². The van der Waals surface area contributed by atoms with Gasteiger partial charge in [-0.15, -0.1) is 0 Å². The predicted molar refractivity (Wildman–Crippen MR) is 126 cm³/mol. The number of nitrogens with zero attached hydrogens (tertiary/aromatic N) is 1. The van der Waals surface area contributed by atoms with E-state index in [0.29, 0.717) is 5.57 Å². The summed E-state index contributed by atoms with van der Waals surface area (Å²) in [6, 6.07) is 17.2. The second-order valence-corrected chi connectivity index (χ2v) is 9.30. The van der Waals surface area contributed by atoms with Crippen molar-refractivity contribution in [1.29, 1.82) is 0 Å². The van der Waals surface area contributed by atoms with E-state index in [-0.39, 0.29) is 26.2 Å². The number of likely N-dealkylation sites (tertiary alicyclic amines) is 1. The van der Waals surface area contributed by atoms with E-state index in [1.165, 1.54) is 4.90 Å². The summed E-state index contributed by atoms with van der Waals surface area (Å²) in [5.41, 5.74) is 1.47. The third-order valence-corrected chi connectivity index (χ3v) is 5.23. The van der Waals surface area contributed by atoms with E-state index in [1.807, 2.05) is 60.7 Å². The Bertz CT molecular complexity index is 1010. The van der Waals surface area contributed by atoms with Crippen molar-refractivity contribution in [3.05, 3.63) is 83.9 Å². The van der Waals surface area contributed by atoms with Crippen molar-refractivity contribution < 1.29 is 28.6 Å². The lowest BCUT2D eigenvalue weighted by molar-refractivity contribution is -0.170. The molecule has 1 aliphatic rings. The average molecular weight is 466 g/mol. The molecule has 7 nitrogen and oxygen atoms in total. The van der Waals surface area contributed by atoms with Gasteiger partial charge < -0.3 is 14.2 Å². The van der Waals surface area contributed by atoms with Gasteiger partial charge in [-0.2, -0.15) is 0 Å². The molecule has 0 aromatic heterocycles. The number of carbonyl (C=O) groups excluding carboxylic acids is 3. The Morgan fingerprint density at radius 3 is 1.94 bits per heavy atom. The first kappa shape index (κ1) is 25.0. The molecule has 0 spiro atoms. The van der Waals surface area contributed by atoms with E-state index < -0.39 is 35.6 Å². The van der Waals surface area contributed by atoms with Crippen molar-refractivity contribution in [1.82, 2.24) is 4.90 Å². The molecule has 1 heterocycles. The zero-order chi connectivity index (χ0) is 24.7. The van der Waals surface area contributed by atoms with Crippen LogP contribution < -0.4 is 0 Å². The van der Waals surface area contributed by atoms with E-state index in [4.69, 9.17) is 14.2 Å². The van der Waals surface area contributed by atoms with E-state index in [1.54, 1.807) is 20.8 Å². The van der Waals surface area contributed by atoms with Crippen LogP contribution in [0.1, 0.15) is 38.3 Å². The highest BCUT2D eigenvalue weighted by molar-refractivity contribution is 5.89. The Hall–Kier alpha value is -3.61. The van der Waals surface area contributed by atoms with Gasteiger partial charge in [0.15, 0.2) is 0 Å². The zero-order valence-electron chi connectivity index (χ0n) is 19.9. The molecule has 0 unspecified atom stereocenters. The lowest BCUT2D eigenvalue weighted by atomic mass is 9.86. The van der Waals surface area contributed by atoms with Gasteiger partial charge in [-0.25, -0.2) is 9.59 Å². The summed E-state index contributed by atoms with van der Waals surface area (Å²) in [6.45, 7) is 9.35. The highest BCUT2D eigenvalue weighted by Gasteiger charge is 2.47. The normalized spacial score (nSPS) is 18.2. The molecule has 0 N–H and O–H groups in total. The number of amides is 1. The van der Waals surface area contributed by atoms with Crippen LogP contribution in [-0.2, 0) is 37.0 Å². The van der Waals surface area contributed by atoms with Crippen molar-refractivity contribution in [3.63, 3.8) is 0 Å². The average Bonchev–Trinajstić information content (AvgIpc) is 2.80. The molecule has 2 atom stereocenters. The van der Waals surface area contributed by atoms with Crippen molar-refractivity contribution in [2.75, 3.05) is 6.54 Å². The molecule has 7 heteroatoms. The number of esters is 2. The molecule has 1 amide bonds. The van der Waals surface area contributed by atoms with Gasteiger partial charge in [-0.3, -0.25) is 9.69 Å². The zero-order valence-corrected chi connectivity index (χ0v) is 19.9. The Morgan fingerprint density at radius 2 is 1.41 bits per heavy atom. The van der Waals surface area contributed by atoms with Crippen LogP contribution in [0.15, 0.2) is 72.8 Å². The van der Waals surface area contributed by atoms with Crippen molar-refractivity contribution >= 4 is 18.0 Å². The first-order chi connectivity index (χ1) is 16.1. The predicted octanol–water partition coefficient (Wildman–Crippen LogP) is 4.66. The maximum atomic E-state index is 13.2. The highest BCUT2D eigenvalue weighted by Crippen LogP contribution is 2.31.